The largest absolute Gasteiger partial charge is 0.310 e. The van der Waals surface area contributed by atoms with E-state index in [-0.39, 0.29) is 5.41 Å². The quantitative estimate of drug-likeness (QED) is 0.169. The van der Waals surface area contributed by atoms with Crippen molar-refractivity contribution in [1.29, 1.82) is 0 Å². The van der Waals surface area contributed by atoms with Crippen LogP contribution in [0.1, 0.15) is 47.2 Å². The van der Waals surface area contributed by atoms with Crippen LogP contribution in [0.5, 0.6) is 0 Å². The summed E-state index contributed by atoms with van der Waals surface area (Å²) in [4.78, 5) is 2.51. The predicted molar refractivity (Wildman–Crippen MR) is 246 cm³/mol. The molecule has 9 aromatic carbocycles. The Labute approximate surface area is 346 Å². The van der Waals surface area contributed by atoms with Crippen LogP contribution in [0, 0.1) is 0 Å². The second kappa shape index (κ2) is 12.6. The van der Waals surface area contributed by atoms with E-state index in [0.29, 0.717) is 0 Å². The summed E-state index contributed by atoms with van der Waals surface area (Å²) in [6.07, 6.45) is 0. The molecule has 9 aromatic rings. The zero-order valence-electron chi connectivity index (χ0n) is 33.2. The van der Waals surface area contributed by atoms with Crippen molar-refractivity contribution in [3.05, 3.63) is 246 Å². The summed E-state index contributed by atoms with van der Waals surface area (Å²) in [5.41, 5.74) is 23.6. The average molecular weight is 752 g/mol. The first-order valence-corrected chi connectivity index (χ1v) is 20.8. The molecule has 0 radical (unpaired) electrons. The fourth-order valence-electron chi connectivity index (χ4n) is 10.9. The third-order valence-corrected chi connectivity index (χ3v) is 13.5. The van der Waals surface area contributed by atoms with Crippen LogP contribution < -0.4 is 4.90 Å². The van der Waals surface area contributed by atoms with Crippen LogP contribution in [0.4, 0.5) is 17.1 Å². The highest BCUT2D eigenvalue weighted by molar-refractivity contribution is 5.98. The first-order chi connectivity index (χ1) is 29.0. The Morgan fingerprint density at radius 2 is 0.746 bits per heavy atom. The molecule has 0 bridgehead atoms. The van der Waals surface area contributed by atoms with Gasteiger partial charge in [0, 0.05) is 22.4 Å². The molecule has 0 saturated carbocycles. The molecule has 0 saturated heterocycles. The summed E-state index contributed by atoms with van der Waals surface area (Å²) in [5.74, 6) is 0. The van der Waals surface area contributed by atoms with Gasteiger partial charge in [-0.15, -0.1) is 0 Å². The Morgan fingerprint density at radius 1 is 0.288 bits per heavy atom. The second-order valence-electron chi connectivity index (χ2n) is 16.8. The van der Waals surface area contributed by atoms with Gasteiger partial charge in [0.2, 0.25) is 0 Å². The molecule has 1 heteroatoms. The first-order valence-electron chi connectivity index (χ1n) is 20.8. The van der Waals surface area contributed by atoms with Gasteiger partial charge in [-0.1, -0.05) is 190 Å². The minimum absolute atomic E-state index is 0.135. The van der Waals surface area contributed by atoms with Crippen LogP contribution in [0.2, 0.25) is 0 Å². The third-order valence-electron chi connectivity index (χ3n) is 13.5. The molecule has 12 rings (SSSR count). The summed E-state index contributed by atoms with van der Waals surface area (Å²) in [6, 6.07) is 79.3. The van der Waals surface area contributed by atoms with E-state index in [2.05, 4.69) is 231 Å². The number of hydrogen-bond acceptors (Lipinski definition) is 1. The maximum atomic E-state index is 2.52. The molecule has 0 aromatic heterocycles. The standard InChI is InChI=1S/C58H41N/c1-57(2)50-25-13-9-22-44(50)47-32-30-41(36-54(47)57)59(56-28-16-12-21-43(56)39-19-7-4-8-20-39)42-31-33-48-49-35-40(38-17-5-3-6-18-38)29-34-53(49)58(55(48)37-42)51-26-14-10-23-45(51)46-24-11-15-27-52(46)58/h3-37H,1-2H3. The molecule has 278 valence electrons. The first kappa shape index (κ1) is 33.9. The predicted octanol–water partition coefficient (Wildman–Crippen LogP) is 15.1. The van der Waals surface area contributed by atoms with Crippen molar-refractivity contribution < 1.29 is 0 Å². The molecule has 1 nitrogen and oxygen atoms in total. The Balaban J connectivity index is 1.14. The normalized spacial score (nSPS) is 14.2. The van der Waals surface area contributed by atoms with Gasteiger partial charge in [0.05, 0.1) is 11.1 Å². The van der Waals surface area contributed by atoms with Gasteiger partial charge >= 0.3 is 0 Å². The van der Waals surface area contributed by atoms with Crippen LogP contribution >= 0.6 is 0 Å². The minimum atomic E-state index is -0.477. The van der Waals surface area contributed by atoms with E-state index >= 15 is 0 Å². The van der Waals surface area contributed by atoms with E-state index in [9.17, 15) is 0 Å². The van der Waals surface area contributed by atoms with Gasteiger partial charge in [-0.3, -0.25) is 0 Å². The van der Waals surface area contributed by atoms with Crippen LogP contribution in [0.3, 0.4) is 0 Å². The molecule has 0 heterocycles. The van der Waals surface area contributed by atoms with Crippen molar-refractivity contribution in [2.24, 2.45) is 0 Å². The lowest BCUT2D eigenvalue weighted by atomic mass is 9.70. The summed E-state index contributed by atoms with van der Waals surface area (Å²) in [5, 5.41) is 0. The highest BCUT2D eigenvalue weighted by Crippen LogP contribution is 2.64. The number of nitrogens with zero attached hydrogens (tertiary/aromatic N) is 1. The number of para-hydroxylation sites is 1. The smallest absolute Gasteiger partial charge is 0.0726 e. The monoisotopic (exact) mass is 751 g/mol. The van der Waals surface area contributed by atoms with E-state index in [4.69, 9.17) is 0 Å². The summed E-state index contributed by atoms with van der Waals surface area (Å²) in [7, 11) is 0. The van der Waals surface area contributed by atoms with Gasteiger partial charge in [-0.05, 0) is 120 Å². The molecule has 0 unspecified atom stereocenters. The minimum Gasteiger partial charge on any atom is -0.310 e. The molecule has 59 heavy (non-hydrogen) atoms. The number of rotatable bonds is 5. The zero-order valence-corrected chi connectivity index (χ0v) is 33.2. The molecule has 0 amide bonds. The topological polar surface area (TPSA) is 3.24 Å². The van der Waals surface area contributed by atoms with Crippen molar-refractivity contribution in [3.63, 3.8) is 0 Å². The van der Waals surface area contributed by atoms with Crippen molar-refractivity contribution in [2.45, 2.75) is 24.7 Å². The maximum Gasteiger partial charge on any atom is 0.0726 e. The Morgan fingerprint density at radius 3 is 1.39 bits per heavy atom. The van der Waals surface area contributed by atoms with Gasteiger partial charge < -0.3 is 4.90 Å². The van der Waals surface area contributed by atoms with E-state index in [1.165, 1.54) is 89.0 Å². The van der Waals surface area contributed by atoms with E-state index in [0.717, 1.165) is 17.1 Å². The fourth-order valence-corrected chi connectivity index (χ4v) is 10.9. The Kier molecular flexibility index (Phi) is 7.26. The molecule has 0 N–H and O–H groups in total. The van der Waals surface area contributed by atoms with Gasteiger partial charge in [-0.2, -0.15) is 0 Å². The van der Waals surface area contributed by atoms with Crippen LogP contribution in [-0.4, -0.2) is 0 Å². The molecular weight excluding hydrogens is 711 g/mol. The van der Waals surface area contributed by atoms with E-state index in [1.807, 2.05) is 0 Å². The molecular formula is C58H41N. The Bertz CT molecular complexity index is 3090. The van der Waals surface area contributed by atoms with Crippen molar-refractivity contribution in [1.82, 2.24) is 0 Å². The SMILES string of the molecule is CC1(C)c2ccccc2-c2ccc(N(c3ccc4c(c3)C3(c5ccccc5-c5ccccc53)c3ccc(-c5ccccc5)cc3-4)c3ccccc3-c3ccccc3)cc21. The summed E-state index contributed by atoms with van der Waals surface area (Å²) >= 11 is 0. The molecule has 0 atom stereocenters. The maximum absolute atomic E-state index is 2.52. The van der Waals surface area contributed by atoms with Gasteiger partial charge in [0.1, 0.15) is 0 Å². The lowest BCUT2D eigenvalue weighted by Crippen LogP contribution is -2.26. The molecule has 3 aliphatic rings. The highest BCUT2D eigenvalue weighted by atomic mass is 15.1. The van der Waals surface area contributed by atoms with Crippen LogP contribution in [0.15, 0.2) is 212 Å². The van der Waals surface area contributed by atoms with Crippen LogP contribution in [0.25, 0.3) is 55.6 Å². The lowest BCUT2D eigenvalue weighted by molar-refractivity contribution is 0.660. The van der Waals surface area contributed by atoms with Crippen LogP contribution in [-0.2, 0) is 10.8 Å². The molecule has 0 fully saturated rings. The fraction of sp³-hybridized carbons (Fsp3) is 0.0690. The highest BCUT2D eigenvalue weighted by Gasteiger charge is 2.52. The number of benzene rings is 9. The number of fused-ring (bicyclic) bond motifs is 13. The third kappa shape index (κ3) is 4.73. The lowest BCUT2D eigenvalue weighted by Gasteiger charge is -2.33. The van der Waals surface area contributed by atoms with Crippen molar-refractivity contribution in [3.8, 4) is 55.6 Å². The Hall–Kier alpha value is -7.22. The molecule has 0 aliphatic heterocycles. The molecule has 3 aliphatic carbocycles. The molecule has 1 spiro atoms. The summed E-state index contributed by atoms with van der Waals surface area (Å²) in [6.45, 7) is 4.75. The van der Waals surface area contributed by atoms with Crippen molar-refractivity contribution in [2.75, 3.05) is 4.90 Å². The average Bonchev–Trinajstić information content (AvgIpc) is 3.85. The van der Waals surface area contributed by atoms with Gasteiger partial charge in [0.15, 0.2) is 0 Å². The zero-order chi connectivity index (χ0) is 39.3. The second-order valence-corrected chi connectivity index (χ2v) is 16.8. The van der Waals surface area contributed by atoms with Gasteiger partial charge in [0.25, 0.3) is 0 Å². The van der Waals surface area contributed by atoms with Gasteiger partial charge in [-0.25, -0.2) is 0 Å². The van der Waals surface area contributed by atoms with Crippen molar-refractivity contribution >= 4 is 17.1 Å². The van der Waals surface area contributed by atoms with E-state index < -0.39 is 5.41 Å². The number of anilines is 3. The van der Waals surface area contributed by atoms with E-state index in [1.54, 1.807) is 0 Å². The number of hydrogen-bond donors (Lipinski definition) is 0. The summed E-state index contributed by atoms with van der Waals surface area (Å²) < 4.78 is 0.